The van der Waals surface area contributed by atoms with Crippen LogP contribution in [-0.2, 0) is 11.2 Å². The van der Waals surface area contributed by atoms with E-state index in [1.54, 1.807) is 12.1 Å². The summed E-state index contributed by atoms with van der Waals surface area (Å²) in [5, 5.41) is 15.6. The van der Waals surface area contributed by atoms with E-state index < -0.39 is 0 Å². The summed E-state index contributed by atoms with van der Waals surface area (Å²) in [7, 11) is 0. The van der Waals surface area contributed by atoms with Crippen molar-refractivity contribution in [3.63, 3.8) is 0 Å². The minimum absolute atomic E-state index is 0.0140. The van der Waals surface area contributed by atoms with Gasteiger partial charge in [0.1, 0.15) is 5.75 Å². The lowest BCUT2D eigenvalue weighted by molar-refractivity contribution is -0.124. The lowest BCUT2D eigenvalue weighted by Gasteiger charge is -2.24. The number of aryl methyl sites for hydroxylation is 1. The van der Waals surface area contributed by atoms with Crippen LogP contribution >= 0.6 is 0 Å². The maximum Gasteiger partial charge on any atom is 0.237 e. The zero-order chi connectivity index (χ0) is 14.4. The van der Waals surface area contributed by atoms with E-state index in [0.29, 0.717) is 5.75 Å². The molecule has 0 radical (unpaired) electrons. The van der Waals surface area contributed by atoms with Crippen molar-refractivity contribution < 1.29 is 9.90 Å². The molecule has 2 rings (SSSR count). The smallest absolute Gasteiger partial charge is 0.237 e. The van der Waals surface area contributed by atoms with E-state index in [1.165, 1.54) is 12.0 Å². The SMILES string of the molecule is CC(CCc1ccc(O)cc1)NC(=O)C1CCCCN1. The number of hydrogen-bond donors (Lipinski definition) is 3. The van der Waals surface area contributed by atoms with Crippen LogP contribution in [0.3, 0.4) is 0 Å². The number of carbonyl (C=O) groups is 1. The number of nitrogens with one attached hydrogen (secondary N) is 2. The Kier molecular flexibility index (Phi) is 5.41. The summed E-state index contributed by atoms with van der Waals surface area (Å²) in [6.07, 6.45) is 5.05. The van der Waals surface area contributed by atoms with Crippen molar-refractivity contribution in [2.75, 3.05) is 6.54 Å². The maximum atomic E-state index is 12.1. The molecule has 1 fully saturated rings. The number of hydrogen-bond acceptors (Lipinski definition) is 3. The van der Waals surface area contributed by atoms with Gasteiger partial charge in [0.25, 0.3) is 0 Å². The van der Waals surface area contributed by atoms with E-state index in [2.05, 4.69) is 10.6 Å². The van der Waals surface area contributed by atoms with Crippen molar-refractivity contribution in [3.05, 3.63) is 29.8 Å². The Morgan fingerprint density at radius 3 is 2.80 bits per heavy atom. The summed E-state index contributed by atoms with van der Waals surface area (Å²) < 4.78 is 0. The minimum atomic E-state index is -0.0140. The number of carbonyl (C=O) groups excluding carboxylic acids is 1. The summed E-state index contributed by atoms with van der Waals surface area (Å²) in [5.74, 6) is 0.418. The molecule has 3 N–H and O–H groups in total. The molecule has 0 aliphatic carbocycles. The topological polar surface area (TPSA) is 61.4 Å². The summed E-state index contributed by atoms with van der Waals surface area (Å²) in [6.45, 7) is 2.99. The lowest BCUT2D eigenvalue weighted by atomic mass is 10.0. The molecule has 0 saturated carbocycles. The van der Waals surface area contributed by atoms with Gasteiger partial charge >= 0.3 is 0 Å². The number of piperidine rings is 1. The first-order chi connectivity index (χ1) is 9.65. The van der Waals surface area contributed by atoms with Crippen molar-refractivity contribution in [2.45, 2.75) is 51.1 Å². The van der Waals surface area contributed by atoms with Gasteiger partial charge in [-0.05, 0) is 56.8 Å². The second-order valence-corrected chi connectivity index (χ2v) is 5.62. The van der Waals surface area contributed by atoms with Gasteiger partial charge in [0.05, 0.1) is 6.04 Å². The highest BCUT2D eigenvalue weighted by molar-refractivity contribution is 5.82. The van der Waals surface area contributed by atoms with Gasteiger partial charge in [-0.1, -0.05) is 18.6 Å². The average Bonchev–Trinajstić information content (AvgIpc) is 2.47. The van der Waals surface area contributed by atoms with E-state index in [-0.39, 0.29) is 18.0 Å². The first kappa shape index (κ1) is 14.9. The highest BCUT2D eigenvalue weighted by Crippen LogP contribution is 2.12. The van der Waals surface area contributed by atoms with Gasteiger partial charge in [-0.2, -0.15) is 0 Å². The Morgan fingerprint density at radius 2 is 2.15 bits per heavy atom. The number of phenols is 1. The van der Waals surface area contributed by atoms with Crippen LogP contribution in [0.4, 0.5) is 0 Å². The van der Waals surface area contributed by atoms with Crippen LogP contribution in [-0.4, -0.2) is 29.6 Å². The van der Waals surface area contributed by atoms with Gasteiger partial charge < -0.3 is 15.7 Å². The third kappa shape index (κ3) is 4.53. The molecular weight excluding hydrogens is 252 g/mol. The first-order valence-electron chi connectivity index (χ1n) is 7.47. The van der Waals surface area contributed by atoms with Gasteiger partial charge in [-0.15, -0.1) is 0 Å². The van der Waals surface area contributed by atoms with Crippen molar-refractivity contribution >= 4 is 5.91 Å². The molecule has 1 saturated heterocycles. The molecule has 1 aliphatic heterocycles. The molecular formula is C16H24N2O2. The van der Waals surface area contributed by atoms with Crippen LogP contribution in [0.2, 0.25) is 0 Å². The summed E-state index contributed by atoms with van der Waals surface area (Å²) in [5.41, 5.74) is 1.18. The van der Waals surface area contributed by atoms with Crippen LogP contribution < -0.4 is 10.6 Å². The maximum absolute atomic E-state index is 12.1. The molecule has 2 unspecified atom stereocenters. The Morgan fingerprint density at radius 1 is 1.40 bits per heavy atom. The zero-order valence-corrected chi connectivity index (χ0v) is 12.1. The molecule has 4 heteroatoms. The normalized spacial score (nSPS) is 20.4. The molecule has 1 amide bonds. The monoisotopic (exact) mass is 276 g/mol. The van der Waals surface area contributed by atoms with Crippen LogP contribution in [0.1, 0.15) is 38.2 Å². The fraction of sp³-hybridized carbons (Fsp3) is 0.562. The van der Waals surface area contributed by atoms with Gasteiger partial charge in [0, 0.05) is 6.04 Å². The predicted octanol–water partition coefficient (Wildman–Crippen LogP) is 1.97. The number of rotatable bonds is 5. The van der Waals surface area contributed by atoms with Gasteiger partial charge in [-0.25, -0.2) is 0 Å². The van der Waals surface area contributed by atoms with Crippen LogP contribution in [0.25, 0.3) is 0 Å². The van der Waals surface area contributed by atoms with Gasteiger partial charge in [0.2, 0.25) is 5.91 Å². The molecule has 2 atom stereocenters. The van der Waals surface area contributed by atoms with Gasteiger partial charge in [0.15, 0.2) is 0 Å². The fourth-order valence-electron chi connectivity index (χ4n) is 2.54. The Labute approximate surface area is 120 Å². The Hall–Kier alpha value is -1.55. The fourth-order valence-corrected chi connectivity index (χ4v) is 2.54. The first-order valence-corrected chi connectivity index (χ1v) is 7.47. The van der Waals surface area contributed by atoms with Crippen molar-refractivity contribution in [2.24, 2.45) is 0 Å². The Balaban J connectivity index is 1.73. The standard InChI is InChI=1S/C16H24N2O2/c1-12(5-6-13-7-9-14(19)10-8-13)18-16(20)15-4-2-3-11-17-15/h7-10,12,15,17,19H,2-6,11H2,1H3,(H,18,20). The second-order valence-electron chi connectivity index (χ2n) is 5.62. The number of phenolic OH excluding ortho intramolecular Hbond substituents is 1. The lowest BCUT2D eigenvalue weighted by Crippen LogP contribution is -2.49. The highest BCUT2D eigenvalue weighted by atomic mass is 16.3. The number of aromatic hydroxyl groups is 1. The van der Waals surface area contributed by atoms with Crippen LogP contribution in [0.5, 0.6) is 5.75 Å². The number of benzene rings is 1. The highest BCUT2D eigenvalue weighted by Gasteiger charge is 2.21. The summed E-state index contributed by atoms with van der Waals surface area (Å²) >= 11 is 0. The average molecular weight is 276 g/mol. The molecule has 0 bridgehead atoms. The molecule has 0 aromatic heterocycles. The van der Waals surface area contributed by atoms with E-state index in [9.17, 15) is 9.90 Å². The predicted molar refractivity (Wildman–Crippen MR) is 79.7 cm³/mol. The van der Waals surface area contributed by atoms with Gasteiger partial charge in [-0.3, -0.25) is 4.79 Å². The van der Waals surface area contributed by atoms with E-state index in [0.717, 1.165) is 32.2 Å². The number of amides is 1. The molecule has 1 aliphatic rings. The largest absolute Gasteiger partial charge is 0.508 e. The molecule has 1 aromatic carbocycles. The molecule has 110 valence electrons. The van der Waals surface area contributed by atoms with Crippen molar-refractivity contribution in [3.8, 4) is 5.75 Å². The second kappa shape index (κ2) is 7.29. The zero-order valence-electron chi connectivity index (χ0n) is 12.1. The summed E-state index contributed by atoms with van der Waals surface area (Å²) in [4.78, 5) is 12.1. The molecule has 4 nitrogen and oxygen atoms in total. The van der Waals surface area contributed by atoms with Crippen LogP contribution in [0.15, 0.2) is 24.3 Å². The molecule has 1 aromatic rings. The van der Waals surface area contributed by atoms with Crippen molar-refractivity contribution in [1.29, 1.82) is 0 Å². The van der Waals surface area contributed by atoms with E-state index in [4.69, 9.17) is 0 Å². The molecule has 20 heavy (non-hydrogen) atoms. The molecule has 1 heterocycles. The summed E-state index contributed by atoms with van der Waals surface area (Å²) in [6, 6.07) is 7.40. The van der Waals surface area contributed by atoms with Crippen molar-refractivity contribution in [1.82, 2.24) is 10.6 Å². The Bertz CT molecular complexity index is 425. The minimum Gasteiger partial charge on any atom is -0.508 e. The molecule has 0 spiro atoms. The van der Waals surface area contributed by atoms with E-state index in [1.807, 2.05) is 19.1 Å². The third-order valence-corrected chi connectivity index (χ3v) is 3.82. The quantitative estimate of drug-likeness (QED) is 0.770. The van der Waals surface area contributed by atoms with Crippen LogP contribution in [0, 0.1) is 0 Å². The van der Waals surface area contributed by atoms with E-state index >= 15 is 0 Å². The third-order valence-electron chi connectivity index (χ3n) is 3.82.